The van der Waals surface area contributed by atoms with Crippen molar-refractivity contribution in [1.82, 2.24) is 0 Å². The lowest BCUT2D eigenvalue weighted by Crippen LogP contribution is -2.12. The van der Waals surface area contributed by atoms with Crippen LogP contribution in [0.1, 0.15) is 56.8 Å². The average Bonchev–Trinajstić information content (AvgIpc) is 2.69. The Bertz CT molecular complexity index is 447. The minimum Gasteiger partial charge on any atom is -0.489 e. The zero-order chi connectivity index (χ0) is 15.2. The van der Waals surface area contributed by atoms with Crippen molar-refractivity contribution in [1.29, 1.82) is 0 Å². The summed E-state index contributed by atoms with van der Waals surface area (Å²) in [6.45, 7) is 8.15. The van der Waals surface area contributed by atoms with E-state index in [1.165, 1.54) is 31.2 Å². The largest absolute Gasteiger partial charge is 0.489 e. The molecule has 0 saturated heterocycles. The predicted molar refractivity (Wildman–Crippen MR) is 91.6 cm³/mol. The molecule has 0 N–H and O–H groups in total. The van der Waals surface area contributed by atoms with Gasteiger partial charge in [-0.1, -0.05) is 62.0 Å². The lowest BCUT2D eigenvalue weighted by atomic mass is 9.91. The Morgan fingerprint density at radius 1 is 1.19 bits per heavy atom. The molecular weight excluding hydrogens is 328 g/mol. The highest BCUT2D eigenvalue weighted by Crippen LogP contribution is 2.40. The molecule has 0 saturated carbocycles. The van der Waals surface area contributed by atoms with E-state index in [9.17, 15) is 0 Å². The number of hydrogen-bond donors (Lipinski definition) is 0. The molecule has 0 spiro atoms. The zero-order valence-electron chi connectivity index (χ0n) is 13.4. The summed E-state index contributed by atoms with van der Waals surface area (Å²) in [4.78, 5) is 0.392. The summed E-state index contributed by atoms with van der Waals surface area (Å²) in [5, 5.41) is 0. The Labute approximate surface area is 137 Å². The molecule has 0 radical (unpaired) electrons. The lowest BCUT2D eigenvalue weighted by Gasteiger charge is -2.22. The van der Waals surface area contributed by atoms with Gasteiger partial charge in [0.05, 0.1) is 13.2 Å². The van der Waals surface area contributed by atoms with Crippen LogP contribution in [0.3, 0.4) is 0 Å². The molecule has 2 rings (SSSR count). The molecule has 3 heteroatoms. The van der Waals surface area contributed by atoms with E-state index in [4.69, 9.17) is 9.47 Å². The summed E-state index contributed by atoms with van der Waals surface area (Å²) in [7, 11) is 0. The minimum absolute atomic E-state index is 0.392. The molecule has 2 nitrogen and oxygen atoms in total. The third kappa shape index (κ3) is 4.38. The van der Waals surface area contributed by atoms with Gasteiger partial charge in [-0.2, -0.15) is 0 Å². The second-order valence-corrected chi connectivity index (χ2v) is 7.13. The van der Waals surface area contributed by atoms with Gasteiger partial charge in [-0.15, -0.1) is 0 Å². The number of halogens is 1. The van der Waals surface area contributed by atoms with Crippen LogP contribution in [0.4, 0.5) is 0 Å². The molecule has 0 aromatic heterocycles. The number of hydrogen-bond acceptors (Lipinski definition) is 2. The highest BCUT2D eigenvalue weighted by molar-refractivity contribution is 9.09. The first-order valence-electron chi connectivity index (χ1n) is 8.19. The Balaban J connectivity index is 2.13. The first-order valence-corrected chi connectivity index (χ1v) is 9.10. The molecule has 0 aliphatic carbocycles. The van der Waals surface area contributed by atoms with Crippen molar-refractivity contribution in [3.63, 3.8) is 0 Å². The summed E-state index contributed by atoms with van der Waals surface area (Å²) in [5.74, 6) is 2.89. The molecule has 1 aliphatic rings. The van der Waals surface area contributed by atoms with Gasteiger partial charge in [0.2, 0.25) is 0 Å². The van der Waals surface area contributed by atoms with Gasteiger partial charge in [0.1, 0.15) is 0 Å². The fraction of sp³-hybridized carbons (Fsp3) is 0.667. The quantitative estimate of drug-likeness (QED) is 0.605. The van der Waals surface area contributed by atoms with E-state index in [0.29, 0.717) is 16.7 Å². The fourth-order valence-corrected chi connectivity index (χ4v) is 3.66. The topological polar surface area (TPSA) is 18.5 Å². The summed E-state index contributed by atoms with van der Waals surface area (Å²) < 4.78 is 11.7. The van der Waals surface area contributed by atoms with Gasteiger partial charge < -0.3 is 9.47 Å². The molecule has 3 atom stereocenters. The number of rotatable bonds is 6. The van der Waals surface area contributed by atoms with E-state index in [-0.39, 0.29) is 0 Å². The minimum atomic E-state index is 0.392. The summed E-state index contributed by atoms with van der Waals surface area (Å²) >= 11 is 3.91. The van der Waals surface area contributed by atoms with Crippen LogP contribution in [0.5, 0.6) is 11.5 Å². The van der Waals surface area contributed by atoms with Crippen LogP contribution in [-0.2, 0) is 0 Å². The van der Waals surface area contributed by atoms with Crippen LogP contribution < -0.4 is 9.47 Å². The van der Waals surface area contributed by atoms with Crippen LogP contribution in [0.15, 0.2) is 18.2 Å². The highest BCUT2D eigenvalue weighted by atomic mass is 79.9. The van der Waals surface area contributed by atoms with Crippen LogP contribution in [-0.4, -0.2) is 13.2 Å². The summed E-state index contributed by atoms with van der Waals surface area (Å²) in [6.07, 6.45) is 5.02. The molecular formula is C18H27BrO2. The number of alkyl halides is 1. The van der Waals surface area contributed by atoms with Crippen molar-refractivity contribution in [3.8, 4) is 11.5 Å². The third-order valence-corrected chi connectivity index (χ3v) is 5.48. The maximum atomic E-state index is 5.90. The van der Waals surface area contributed by atoms with E-state index < -0.39 is 0 Å². The van der Waals surface area contributed by atoms with Gasteiger partial charge in [-0.3, -0.25) is 0 Å². The molecule has 1 aliphatic heterocycles. The highest BCUT2D eigenvalue weighted by Gasteiger charge is 2.21. The van der Waals surface area contributed by atoms with E-state index in [2.05, 4.69) is 54.9 Å². The molecule has 21 heavy (non-hydrogen) atoms. The van der Waals surface area contributed by atoms with Crippen molar-refractivity contribution in [2.45, 2.75) is 51.3 Å². The Morgan fingerprint density at radius 3 is 2.57 bits per heavy atom. The smallest absolute Gasteiger partial charge is 0.161 e. The van der Waals surface area contributed by atoms with Gasteiger partial charge in [-0.05, 0) is 30.0 Å². The van der Waals surface area contributed by atoms with E-state index in [1.807, 2.05) is 0 Å². The fourth-order valence-electron chi connectivity index (χ4n) is 2.74. The first kappa shape index (κ1) is 16.7. The van der Waals surface area contributed by atoms with Crippen LogP contribution in [0.25, 0.3) is 0 Å². The standard InChI is InChI=1S/C18H27BrO2/c1-4-6-7-14(5-2)18(19)15-8-9-16-17(10-15)21-12-13(3)11-20-16/h8-10,13-14,18H,4-7,11-12H2,1-3H3. The van der Waals surface area contributed by atoms with Crippen molar-refractivity contribution in [2.24, 2.45) is 11.8 Å². The van der Waals surface area contributed by atoms with Gasteiger partial charge in [-0.25, -0.2) is 0 Å². The zero-order valence-corrected chi connectivity index (χ0v) is 15.0. The Hall–Kier alpha value is -0.700. The average molecular weight is 355 g/mol. The van der Waals surface area contributed by atoms with Crippen molar-refractivity contribution < 1.29 is 9.47 Å². The Kier molecular flexibility index (Phi) is 6.40. The molecule has 0 bridgehead atoms. The second kappa shape index (κ2) is 8.07. The third-order valence-electron chi connectivity index (χ3n) is 4.20. The maximum Gasteiger partial charge on any atom is 0.161 e. The van der Waals surface area contributed by atoms with Crippen LogP contribution in [0, 0.1) is 11.8 Å². The molecule has 1 heterocycles. The maximum absolute atomic E-state index is 5.90. The summed E-state index contributed by atoms with van der Waals surface area (Å²) in [5.41, 5.74) is 1.30. The molecule has 118 valence electrons. The second-order valence-electron chi connectivity index (χ2n) is 6.15. The summed E-state index contributed by atoms with van der Waals surface area (Å²) in [6, 6.07) is 6.39. The Morgan fingerprint density at radius 2 is 1.90 bits per heavy atom. The van der Waals surface area contributed by atoms with Crippen LogP contribution >= 0.6 is 15.9 Å². The van der Waals surface area contributed by atoms with Crippen molar-refractivity contribution in [3.05, 3.63) is 23.8 Å². The number of fused-ring (bicyclic) bond motifs is 1. The van der Waals surface area contributed by atoms with Gasteiger partial charge in [0.25, 0.3) is 0 Å². The molecule has 3 unspecified atom stereocenters. The van der Waals surface area contributed by atoms with Gasteiger partial charge in [0.15, 0.2) is 11.5 Å². The molecule has 0 fully saturated rings. The normalized spacial score (nSPS) is 20.7. The lowest BCUT2D eigenvalue weighted by molar-refractivity contribution is 0.228. The molecule has 0 amide bonds. The van der Waals surface area contributed by atoms with Crippen LogP contribution in [0.2, 0.25) is 0 Å². The van der Waals surface area contributed by atoms with E-state index in [1.54, 1.807) is 0 Å². The molecule has 1 aromatic rings. The SMILES string of the molecule is CCCCC(CC)C(Br)c1ccc2c(c1)OCC(C)CO2. The van der Waals surface area contributed by atoms with Crippen molar-refractivity contribution >= 4 is 15.9 Å². The van der Waals surface area contributed by atoms with Gasteiger partial charge >= 0.3 is 0 Å². The van der Waals surface area contributed by atoms with E-state index >= 15 is 0 Å². The predicted octanol–water partition coefficient (Wildman–Crippen LogP) is 5.75. The monoisotopic (exact) mass is 354 g/mol. The van der Waals surface area contributed by atoms with Crippen molar-refractivity contribution in [2.75, 3.05) is 13.2 Å². The number of unbranched alkanes of at least 4 members (excludes halogenated alkanes) is 1. The van der Waals surface area contributed by atoms with Gasteiger partial charge in [0, 0.05) is 10.7 Å². The number of ether oxygens (including phenoxy) is 2. The van der Waals surface area contributed by atoms with E-state index in [0.717, 1.165) is 24.7 Å². The number of benzene rings is 1. The first-order chi connectivity index (χ1) is 10.2. The molecule has 1 aromatic carbocycles.